The molecule has 1 N–H and O–H groups in total. The molecular formula is C18H26N2O4. The van der Waals surface area contributed by atoms with E-state index in [-0.39, 0.29) is 18.0 Å². The summed E-state index contributed by atoms with van der Waals surface area (Å²) in [5.41, 5.74) is 1.13. The molecule has 6 heteroatoms. The molecule has 0 radical (unpaired) electrons. The Bertz CT molecular complexity index is 554. The van der Waals surface area contributed by atoms with Crippen LogP contribution in [0.15, 0.2) is 24.3 Å². The highest BCUT2D eigenvalue weighted by molar-refractivity contribution is 5.76. The van der Waals surface area contributed by atoms with Crippen LogP contribution in [0.25, 0.3) is 0 Å². The summed E-state index contributed by atoms with van der Waals surface area (Å²) in [6.45, 7) is 5.77. The molecule has 24 heavy (non-hydrogen) atoms. The van der Waals surface area contributed by atoms with Gasteiger partial charge >= 0.3 is 6.09 Å². The van der Waals surface area contributed by atoms with Crippen molar-refractivity contribution < 1.29 is 19.1 Å². The first-order chi connectivity index (χ1) is 11.6. The van der Waals surface area contributed by atoms with Gasteiger partial charge in [-0.3, -0.25) is 4.79 Å². The first-order valence-electron chi connectivity index (χ1n) is 8.49. The van der Waals surface area contributed by atoms with Crippen LogP contribution in [0.2, 0.25) is 0 Å². The summed E-state index contributed by atoms with van der Waals surface area (Å²) in [4.78, 5) is 25.3. The monoisotopic (exact) mass is 334 g/mol. The molecule has 2 amide bonds. The normalized spacial score (nSPS) is 15.0. The van der Waals surface area contributed by atoms with Crippen LogP contribution in [-0.2, 0) is 9.53 Å². The third-order valence-electron chi connectivity index (χ3n) is 3.97. The van der Waals surface area contributed by atoms with Crippen molar-refractivity contribution in [3.8, 4) is 5.75 Å². The predicted molar refractivity (Wildman–Crippen MR) is 91.1 cm³/mol. The van der Waals surface area contributed by atoms with Crippen LogP contribution in [0.5, 0.6) is 5.75 Å². The van der Waals surface area contributed by atoms with Gasteiger partial charge in [0.15, 0.2) is 0 Å². The number of nitrogens with zero attached hydrogens (tertiary/aromatic N) is 1. The quantitative estimate of drug-likeness (QED) is 0.868. The molecule has 1 aromatic carbocycles. The minimum absolute atomic E-state index is 0.0164. The van der Waals surface area contributed by atoms with Gasteiger partial charge in [0.05, 0.1) is 19.6 Å². The zero-order chi connectivity index (χ0) is 17.4. The molecule has 1 fully saturated rings. The van der Waals surface area contributed by atoms with E-state index in [1.807, 2.05) is 31.2 Å². The standard InChI is InChI=1S/C18H26N2O4/c1-3-23-18(22)20-10-7-15(8-11-20)19-17(21)9-12-24-16-6-4-5-14(2)13-16/h4-6,13,15H,3,7-12H2,1-2H3,(H,19,21). The van der Waals surface area contributed by atoms with Crippen LogP contribution in [0.1, 0.15) is 31.7 Å². The van der Waals surface area contributed by atoms with Crippen molar-refractivity contribution in [3.63, 3.8) is 0 Å². The lowest BCUT2D eigenvalue weighted by molar-refractivity contribution is -0.122. The van der Waals surface area contributed by atoms with Crippen molar-refractivity contribution in [2.24, 2.45) is 0 Å². The van der Waals surface area contributed by atoms with E-state index >= 15 is 0 Å². The van der Waals surface area contributed by atoms with E-state index in [1.165, 1.54) is 0 Å². The summed E-state index contributed by atoms with van der Waals surface area (Å²) in [5.74, 6) is 0.766. The van der Waals surface area contributed by atoms with Gasteiger partial charge in [-0.25, -0.2) is 4.79 Å². The summed E-state index contributed by atoms with van der Waals surface area (Å²) in [7, 11) is 0. The zero-order valence-electron chi connectivity index (χ0n) is 14.4. The largest absolute Gasteiger partial charge is 0.493 e. The summed E-state index contributed by atoms with van der Waals surface area (Å²) in [5, 5.41) is 3.01. The summed E-state index contributed by atoms with van der Waals surface area (Å²) in [6.07, 6.45) is 1.56. The molecule has 0 aromatic heterocycles. The average Bonchev–Trinajstić information content (AvgIpc) is 2.56. The van der Waals surface area contributed by atoms with Gasteiger partial charge in [0.2, 0.25) is 5.91 Å². The molecule has 0 saturated carbocycles. The molecule has 0 atom stereocenters. The van der Waals surface area contributed by atoms with Gasteiger partial charge in [-0.15, -0.1) is 0 Å². The Morgan fingerprint density at radius 1 is 1.29 bits per heavy atom. The fourth-order valence-electron chi connectivity index (χ4n) is 2.69. The van der Waals surface area contributed by atoms with E-state index in [0.29, 0.717) is 32.7 Å². The molecule has 6 nitrogen and oxygen atoms in total. The fourth-order valence-corrected chi connectivity index (χ4v) is 2.69. The van der Waals surface area contributed by atoms with Gasteiger partial charge < -0.3 is 19.7 Å². The molecule has 0 unspecified atom stereocenters. The maximum Gasteiger partial charge on any atom is 0.409 e. The number of likely N-dealkylation sites (tertiary alicyclic amines) is 1. The van der Waals surface area contributed by atoms with Gasteiger partial charge in [0, 0.05) is 19.1 Å². The molecule has 1 aliphatic rings. The van der Waals surface area contributed by atoms with Crippen LogP contribution in [0.3, 0.4) is 0 Å². The van der Waals surface area contributed by atoms with E-state index in [0.717, 1.165) is 24.2 Å². The van der Waals surface area contributed by atoms with E-state index < -0.39 is 0 Å². The number of carbonyl (C=O) groups is 2. The van der Waals surface area contributed by atoms with Gasteiger partial charge in [-0.2, -0.15) is 0 Å². The first-order valence-corrected chi connectivity index (χ1v) is 8.49. The number of hydrogen-bond acceptors (Lipinski definition) is 4. The molecule has 1 aliphatic heterocycles. The second-order valence-corrected chi connectivity index (χ2v) is 5.94. The number of piperidine rings is 1. The number of amides is 2. The lowest BCUT2D eigenvalue weighted by Crippen LogP contribution is -2.46. The Morgan fingerprint density at radius 2 is 2.04 bits per heavy atom. The maximum absolute atomic E-state index is 12.0. The summed E-state index contributed by atoms with van der Waals surface area (Å²) >= 11 is 0. The molecular weight excluding hydrogens is 308 g/mol. The highest BCUT2D eigenvalue weighted by Gasteiger charge is 2.24. The van der Waals surface area contributed by atoms with E-state index in [2.05, 4.69) is 5.32 Å². The predicted octanol–water partition coefficient (Wildman–Crippen LogP) is 2.50. The van der Waals surface area contributed by atoms with E-state index in [1.54, 1.807) is 11.8 Å². The van der Waals surface area contributed by atoms with Gasteiger partial charge in [-0.1, -0.05) is 12.1 Å². The van der Waals surface area contributed by atoms with Crippen molar-refractivity contribution in [2.75, 3.05) is 26.3 Å². The Morgan fingerprint density at radius 3 is 2.71 bits per heavy atom. The lowest BCUT2D eigenvalue weighted by Gasteiger charge is -2.31. The number of ether oxygens (including phenoxy) is 2. The number of benzene rings is 1. The van der Waals surface area contributed by atoms with Crippen molar-refractivity contribution in [2.45, 2.75) is 39.2 Å². The topological polar surface area (TPSA) is 67.9 Å². The van der Waals surface area contributed by atoms with E-state index in [4.69, 9.17) is 9.47 Å². The number of nitrogens with one attached hydrogen (secondary N) is 1. The Balaban J connectivity index is 1.64. The second-order valence-electron chi connectivity index (χ2n) is 5.94. The van der Waals surface area contributed by atoms with Gasteiger partial charge in [-0.05, 0) is 44.4 Å². The molecule has 0 spiro atoms. The highest BCUT2D eigenvalue weighted by Crippen LogP contribution is 2.13. The van der Waals surface area contributed by atoms with Crippen LogP contribution in [0.4, 0.5) is 4.79 Å². The van der Waals surface area contributed by atoms with E-state index in [9.17, 15) is 9.59 Å². The van der Waals surface area contributed by atoms with Crippen molar-refractivity contribution in [1.29, 1.82) is 0 Å². The second kappa shape index (κ2) is 9.15. The Kier molecular flexibility index (Phi) is 6.90. The van der Waals surface area contributed by atoms with Gasteiger partial charge in [0.25, 0.3) is 0 Å². The highest BCUT2D eigenvalue weighted by atomic mass is 16.6. The molecule has 1 heterocycles. The zero-order valence-corrected chi connectivity index (χ0v) is 14.4. The van der Waals surface area contributed by atoms with Crippen LogP contribution in [-0.4, -0.2) is 49.2 Å². The number of carbonyl (C=O) groups excluding carboxylic acids is 2. The van der Waals surface area contributed by atoms with Crippen LogP contribution in [0, 0.1) is 6.92 Å². The molecule has 1 aromatic rings. The summed E-state index contributed by atoms with van der Waals surface area (Å²) < 4.78 is 10.6. The SMILES string of the molecule is CCOC(=O)N1CCC(NC(=O)CCOc2cccc(C)c2)CC1. The number of aryl methyl sites for hydroxylation is 1. The van der Waals surface area contributed by atoms with Crippen LogP contribution >= 0.6 is 0 Å². The van der Waals surface area contributed by atoms with Crippen LogP contribution < -0.4 is 10.1 Å². The van der Waals surface area contributed by atoms with Gasteiger partial charge in [0.1, 0.15) is 5.75 Å². The van der Waals surface area contributed by atoms with Crippen molar-refractivity contribution >= 4 is 12.0 Å². The number of rotatable bonds is 6. The Hall–Kier alpha value is -2.24. The molecule has 1 saturated heterocycles. The lowest BCUT2D eigenvalue weighted by atomic mass is 10.1. The number of hydrogen-bond donors (Lipinski definition) is 1. The maximum atomic E-state index is 12.0. The van der Waals surface area contributed by atoms with Crippen molar-refractivity contribution in [1.82, 2.24) is 10.2 Å². The third kappa shape index (κ3) is 5.76. The summed E-state index contributed by atoms with van der Waals surface area (Å²) in [6, 6.07) is 7.88. The average molecular weight is 334 g/mol. The third-order valence-corrected chi connectivity index (χ3v) is 3.97. The minimum Gasteiger partial charge on any atom is -0.493 e. The minimum atomic E-state index is -0.270. The fraction of sp³-hybridized carbons (Fsp3) is 0.556. The molecule has 2 rings (SSSR count). The molecule has 0 bridgehead atoms. The molecule has 132 valence electrons. The molecule has 0 aliphatic carbocycles. The smallest absolute Gasteiger partial charge is 0.409 e. The van der Waals surface area contributed by atoms with Crippen molar-refractivity contribution in [3.05, 3.63) is 29.8 Å². The Labute approximate surface area is 143 Å². The first kappa shape index (κ1) is 18.1.